The Kier molecular flexibility index (Phi) is 4.77. The summed E-state index contributed by atoms with van der Waals surface area (Å²) in [6.45, 7) is 3.65. The average Bonchev–Trinajstić information content (AvgIpc) is 2.26. The topological polar surface area (TPSA) is 49.3 Å². The van der Waals surface area contributed by atoms with E-state index in [0.29, 0.717) is 5.02 Å². The van der Waals surface area contributed by atoms with Gasteiger partial charge in [-0.15, -0.1) is 0 Å². The smallest absolute Gasteiger partial charge is 0.320 e. The monoisotopic (exact) mass is 241 g/mol. The van der Waals surface area contributed by atoms with Crippen molar-refractivity contribution in [1.82, 2.24) is 5.32 Å². The summed E-state index contributed by atoms with van der Waals surface area (Å²) in [4.78, 5) is 10.8. The van der Waals surface area contributed by atoms with Crippen LogP contribution < -0.4 is 5.32 Å². The molecule has 16 heavy (non-hydrogen) atoms. The zero-order valence-electron chi connectivity index (χ0n) is 9.40. The summed E-state index contributed by atoms with van der Waals surface area (Å²) in [5, 5.41) is 12.6. The standard InChI is InChI=1S/C12H16ClNO2/c1-3-11(14-8(2)12(15)16)9-4-6-10(13)7-5-9/h4-8,11,14H,3H2,1-2H3,(H,15,16). The van der Waals surface area contributed by atoms with Crippen LogP contribution in [0, 0.1) is 0 Å². The fourth-order valence-electron chi connectivity index (χ4n) is 1.52. The third kappa shape index (κ3) is 3.51. The van der Waals surface area contributed by atoms with Gasteiger partial charge in [-0.1, -0.05) is 30.7 Å². The van der Waals surface area contributed by atoms with E-state index in [9.17, 15) is 4.79 Å². The number of carboxylic acids is 1. The molecule has 0 saturated carbocycles. The molecule has 0 fully saturated rings. The quantitative estimate of drug-likeness (QED) is 0.834. The van der Waals surface area contributed by atoms with Crippen molar-refractivity contribution in [2.24, 2.45) is 0 Å². The number of halogens is 1. The molecule has 1 aromatic rings. The van der Waals surface area contributed by atoms with Crippen molar-refractivity contribution in [3.63, 3.8) is 0 Å². The van der Waals surface area contributed by atoms with Crippen molar-refractivity contribution < 1.29 is 9.90 Å². The lowest BCUT2D eigenvalue weighted by Crippen LogP contribution is -2.36. The minimum atomic E-state index is -0.840. The molecule has 2 unspecified atom stereocenters. The number of nitrogens with one attached hydrogen (secondary N) is 1. The van der Waals surface area contributed by atoms with Crippen LogP contribution in [-0.2, 0) is 4.79 Å². The summed E-state index contributed by atoms with van der Waals surface area (Å²) in [6.07, 6.45) is 0.833. The molecule has 1 rings (SSSR count). The summed E-state index contributed by atoms with van der Waals surface area (Å²) >= 11 is 5.80. The zero-order valence-corrected chi connectivity index (χ0v) is 10.2. The number of hydrogen-bond acceptors (Lipinski definition) is 2. The summed E-state index contributed by atoms with van der Waals surface area (Å²) in [6, 6.07) is 6.94. The van der Waals surface area contributed by atoms with Crippen molar-refractivity contribution in [3.8, 4) is 0 Å². The van der Waals surface area contributed by atoms with Gasteiger partial charge in [-0.3, -0.25) is 10.1 Å². The normalized spacial score (nSPS) is 14.4. The molecule has 0 saturated heterocycles. The fourth-order valence-corrected chi connectivity index (χ4v) is 1.64. The lowest BCUT2D eigenvalue weighted by Gasteiger charge is -2.20. The Morgan fingerprint density at radius 2 is 2.00 bits per heavy atom. The Morgan fingerprint density at radius 3 is 2.44 bits per heavy atom. The molecule has 0 radical (unpaired) electrons. The largest absolute Gasteiger partial charge is 0.480 e. The van der Waals surface area contributed by atoms with Crippen LogP contribution in [0.4, 0.5) is 0 Å². The molecule has 3 nitrogen and oxygen atoms in total. The van der Waals surface area contributed by atoms with Crippen LogP contribution in [0.2, 0.25) is 5.02 Å². The van der Waals surface area contributed by atoms with Gasteiger partial charge in [0.2, 0.25) is 0 Å². The fraction of sp³-hybridized carbons (Fsp3) is 0.417. The molecule has 0 aliphatic rings. The first-order chi connectivity index (χ1) is 7.54. The first-order valence-electron chi connectivity index (χ1n) is 5.29. The van der Waals surface area contributed by atoms with Crippen LogP contribution in [0.25, 0.3) is 0 Å². The number of carboxylic acid groups (broad SMARTS) is 1. The van der Waals surface area contributed by atoms with Crippen LogP contribution in [-0.4, -0.2) is 17.1 Å². The Balaban J connectivity index is 2.74. The van der Waals surface area contributed by atoms with Crippen LogP contribution >= 0.6 is 11.6 Å². The molecule has 4 heteroatoms. The molecule has 0 aromatic heterocycles. The molecule has 2 N–H and O–H groups in total. The summed E-state index contributed by atoms with van der Waals surface area (Å²) < 4.78 is 0. The number of hydrogen-bond donors (Lipinski definition) is 2. The second-order valence-electron chi connectivity index (χ2n) is 3.74. The lowest BCUT2D eigenvalue weighted by molar-refractivity contribution is -0.139. The summed E-state index contributed by atoms with van der Waals surface area (Å²) in [7, 11) is 0. The van der Waals surface area contributed by atoms with E-state index in [0.717, 1.165) is 12.0 Å². The van der Waals surface area contributed by atoms with Gasteiger partial charge >= 0.3 is 5.97 Å². The molecule has 2 atom stereocenters. The summed E-state index contributed by atoms with van der Waals surface area (Å²) in [5.41, 5.74) is 1.06. The van der Waals surface area contributed by atoms with Crippen molar-refractivity contribution >= 4 is 17.6 Å². The van der Waals surface area contributed by atoms with Gasteiger partial charge in [0.25, 0.3) is 0 Å². The predicted molar refractivity (Wildman–Crippen MR) is 64.7 cm³/mol. The lowest BCUT2D eigenvalue weighted by atomic mass is 10.0. The minimum absolute atomic E-state index is 0.0448. The second kappa shape index (κ2) is 5.87. The molecule has 0 amide bonds. The van der Waals surface area contributed by atoms with E-state index in [4.69, 9.17) is 16.7 Å². The Morgan fingerprint density at radius 1 is 1.44 bits per heavy atom. The summed E-state index contributed by atoms with van der Waals surface area (Å²) in [5.74, 6) is -0.840. The maximum absolute atomic E-state index is 10.8. The molecule has 0 heterocycles. The SMILES string of the molecule is CCC(NC(C)C(=O)O)c1ccc(Cl)cc1. The van der Waals surface area contributed by atoms with Gasteiger partial charge in [-0.25, -0.2) is 0 Å². The number of benzene rings is 1. The van der Waals surface area contributed by atoms with Gasteiger partial charge in [0.1, 0.15) is 6.04 Å². The van der Waals surface area contributed by atoms with E-state index in [1.165, 1.54) is 0 Å². The molecule has 0 spiro atoms. The van der Waals surface area contributed by atoms with Crippen LogP contribution in [0.5, 0.6) is 0 Å². The Bertz CT molecular complexity index is 351. The van der Waals surface area contributed by atoms with E-state index >= 15 is 0 Å². The highest BCUT2D eigenvalue weighted by atomic mass is 35.5. The van der Waals surface area contributed by atoms with E-state index in [1.54, 1.807) is 6.92 Å². The van der Waals surface area contributed by atoms with Crippen molar-refractivity contribution in [1.29, 1.82) is 0 Å². The number of carbonyl (C=O) groups is 1. The van der Waals surface area contributed by atoms with Crippen molar-refractivity contribution in [2.45, 2.75) is 32.4 Å². The Hall–Kier alpha value is -1.06. The van der Waals surface area contributed by atoms with Crippen molar-refractivity contribution in [2.75, 3.05) is 0 Å². The number of aliphatic carboxylic acids is 1. The minimum Gasteiger partial charge on any atom is -0.480 e. The van der Waals surface area contributed by atoms with Gasteiger partial charge < -0.3 is 5.11 Å². The zero-order chi connectivity index (χ0) is 12.1. The van der Waals surface area contributed by atoms with Gasteiger partial charge in [-0.2, -0.15) is 0 Å². The van der Waals surface area contributed by atoms with Crippen molar-refractivity contribution in [3.05, 3.63) is 34.9 Å². The molecular weight excluding hydrogens is 226 g/mol. The van der Waals surface area contributed by atoms with E-state index in [2.05, 4.69) is 5.32 Å². The molecule has 0 bridgehead atoms. The predicted octanol–water partition coefficient (Wildman–Crippen LogP) is 2.85. The Labute approximate surface area is 100 Å². The maximum Gasteiger partial charge on any atom is 0.320 e. The van der Waals surface area contributed by atoms with Crippen LogP contribution in [0.15, 0.2) is 24.3 Å². The third-order valence-electron chi connectivity index (χ3n) is 2.50. The third-order valence-corrected chi connectivity index (χ3v) is 2.75. The van der Waals surface area contributed by atoms with Crippen LogP contribution in [0.1, 0.15) is 31.9 Å². The molecule has 0 aliphatic carbocycles. The van der Waals surface area contributed by atoms with Gasteiger partial charge in [0.05, 0.1) is 0 Å². The van der Waals surface area contributed by atoms with E-state index in [-0.39, 0.29) is 6.04 Å². The van der Waals surface area contributed by atoms with Gasteiger partial charge in [0, 0.05) is 11.1 Å². The highest BCUT2D eigenvalue weighted by Gasteiger charge is 2.16. The maximum atomic E-state index is 10.8. The highest BCUT2D eigenvalue weighted by molar-refractivity contribution is 6.30. The number of rotatable bonds is 5. The van der Waals surface area contributed by atoms with Gasteiger partial charge in [0.15, 0.2) is 0 Å². The van der Waals surface area contributed by atoms with E-state index in [1.807, 2.05) is 31.2 Å². The van der Waals surface area contributed by atoms with E-state index < -0.39 is 12.0 Å². The molecule has 1 aromatic carbocycles. The van der Waals surface area contributed by atoms with Gasteiger partial charge in [-0.05, 0) is 31.0 Å². The average molecular weight is 242 g/mol. The second-order valence-corrected chi connectivity index (χ2v) is 4.18. The van der Waals surface area contributed by atoms with Crippen LogP contribution in [0.3, 0.4) is 0 Å². The molecular formula is C12H16ClNO2. The first-order valence-corrected chi connectivity index (χ1v) is 5.66. The first kappa shape index (κ1) is 13.0. The molecule has 0 aliphatic heterocycles. The molecule has 88 valence electrons. The highest BCUT2D eigenvalue weighted by Crippen LogP contribution is 2.19.